The van der Waals surface area contributed by atoms with Gasteiger partial charge in [-0.3, -0.25) is 0 Å². The van der Waals surface area contributed by atoms with Gasteiger partial charge in [-0.15, -0.1) is 5.10 Å². The number of hydrogen-bond donors (Lipinski definition) is 1. The van der Waals surface area contributed by atoms with E-state index in [1.807, 2.05) is 0 Å². The Morgan fingerprint density at radius 2 is 2.15 bits per heavy atom. The molecule has 20 heavy (non-hydrogen) atoms. The van der Waals surface area contributed by atoms with Crippen LogP contribution in [0, 0.1) is 0 Å². The zero-order valence-electron chi connectivity index (χ0n) is 11.1. The van der Waals surface area contributed by atoms with E-state index in [1.165, 1.54) is 18.3 Å². The first-order valence-electron chi connectivity index (χ1n) is 5.77. The van der Waals surface area contributed by atoms with Crippen molar-refractivity contribution >= 4 is 18.8 Å². The second-order valence-electron chi connectivity index (χ2n) is 3.84. The molecule has 2 rings (SSSR count). The number of rotatable bonds is 5. The fraction of sp³-hybridized carbons (Fsp3) is 0.231. The molecule has 0 radical (unpaired) electrons. The Labute approximate surface area is 121 Å². The van der Waals surface area contributed by atoms with E-state index >= 15 is 0 Å². The third kappa shape index (κ3) is 3.05. The predicted octanol–water partition coefficient (Wildman–Crippen LogP) is 1.95. The lowest BCUT2D eigenvalue weighted by Crippen LogP contribution is -2.09. The first-order valence-corrected chi connectivity index (χ1v) is 6.17. The number of methoxy groups -OCH3 is 2. The third-order valence-electron chi connectivity index (χ3n) is 2.67. The molecule has 0 saturated carbocycles. The molecule has 0 amide bonds. The largest absolute Gasteiger partial charge is 0.496 e. The van der Waals surface area contributed by atoms with Gasteiger partial charge in [-0.25, -0.2) is 8.88 Å². The summed E-state index contributed by atoms with van der Waals surface area (Å²) in [6, 6.07) is 6.80. The van der Waals surface area contributed by atoms with Crippen LogP contribution in [0.5, 0.6) is 11.6 Å². The number of ether oxygens (including phenoxy) is 3. The summed E-state index contributed by atoms with van der Waals surface area (Å²) in [5.74, 6) is 0.516. The first kappa shape index (κ1) is 14.3. The van der Waals surface area contributed by atoms with Crippen LogP contribution in [0.25, 0.3) is 0 Å². The van der Waals surface area contributed by atoms with Gasteiger partial charge in [-0.05, 0) is 24.9 Å². The highest BCUT2D eigenvalue weighted by molar-refractivity contribution is 7.78. The molecule has 106 valence electrons. The van der Waals surface area contributed by atoms with Crippen LogP contribution in [0.15, 0.2) is 30.5 Å². The lowest BCUT2D eigenvalue weighted by Gasteiger charge is -2.12. The molecule has 0 spiro atoms. The summed E-state index contributed by atoms with van der Waals surface area (Å²) in [4.78, 5) is 11.8. The van der Waals surface area contributed by atoms with Crippen molar-refractivity contribution in [2.45, 2.75) is 6.61 Å². The van der Waals surface area contributed by atoms with Crippen LogP contribution in [0.4, 0.5) is 0 Å². The van der Waals surface area contributed by atoms with E-state index in [-0.39, 0.29) is 6.61 Å². The molecule has 0 atom stereocenters. The quantitative estimate of drug-likeness (QED) is 0.674. The Kier molecular flexibility index (Phi) is 4.52. The van der Waals surface area contributed by atoms with Crippen molar-refractivity contribution < 1.29 is 19.0 Å². The van der Waals surface area contributed by atoms with Crippen molar-refractivity contribution in [2.24, 2.45) is 0 Å². The summed E-state index contributed by atoms with van der Waals surface area (Å²) in [7, 11) is 2.86. The fourth-order valence-corrected chi connectivity index (χ4v) is 1.88. The van der Waals surface area contributed by atoms with Crippen LogP contribution in [-0.2, 0) is 11.3 Å². The maximum absolute atomic E-state index is 11.8. The van der Waals surface area contributed by atoms with E-state index in [9.17, 15) is 4.79 Å². The lowest BCUT2D eigenvalue weighted by molar-refractivity contribution is 0.0597. The van der Waals surface area contributed by atoms with Crippen LogP contribution >= 0.6 is 12.8 Å². The summed E-state index contributed by atoms with van der Waals surface area (Å²) in [5, 5.41) is 3.98. The van der Waals surface area contributed by atoms with Crippen molar-refractivity contribution in [3.8, 4) is 11.6 Å². The normalized spacial score (nSPS) is 10.2. The van der Waals surface area contributed by atoms with Gasteiger partial charge in [-0.1, -0.05) is 6.07 Å². The number of carbonyl (C=O) groups is 1. The molecule has 2 aromatic rings. The highest BCUT2D eigenvalue weighted by Gasteiger charge is 2.16. The van der Waals surface area contributed by atoms with E-state index in [2.05, 4.69) is 17.9 Å². The minimum atomic E-state index is -0.442. The summed E-state index contributed by atoms with van der Waals surface area (Å²) in [6.07, 6.45) is 1.64. The van der Waals surface area contributed by atoms with Crippen molar-refractivity contribution in [3.63, 3.8) is 0 Å². The van der Waals surface area contributed by atoms with Crippen LogP contribution < -0.4 is 9.47 Å². The maximum atomic E-state index is 11.8. The summed E-state index contributed by atoms with van der Waals surface area (Å²) < 4.78 is 16.9. The Morgan fingerprint density at radius 3 is 2.75 bits per heavy atom. The molecule has 0 fully saturated rings. The van der Waals surface area contributed by atoms with Gasteiger partial charge < -0.3 is 14.2 Å². The molecule has 0 unspecified atom stereocenters. The Balaban J connectivity index is 2.26. The van der Waals surface area contributed by atoms with Crippen LogP contribution in [-0.4, -0.2) is 29.4 Å². The topological polar surface area (TPSA) is 62.6 Å². The van der Waals surface area contributed by atoms with Gasteiger partial charge in [0.25, 0.3) is 0 Å². The smallest absolute Gasteiger partial charge is 0.338 e. The molecule has 0 bridgehead atoms. The molecule has 0 aliphatic heterocycles. The van der Waals surface area contributed by atoms with E-state index in [0.29, 0.717) is 22.8 Å². The molecule has 0 N–H and O–H groups in total. The number of benzene rings is 1. The zero-order valence-corrected chi connectivity index (χ0v) is 12.0. The van der Waals surface area contributed by atoms with Gasteiger partial charge in [0, 0.05) is 17.8 Å². The molecule has 6 nitrogen and oxygen atoms in total. The number of carbonyl (C=O) groups excluding carboxylic acids is 1. The van der Waals surface area contributed by atoms with Crippen molar-refractivity contribution in [3.05, 3.63) is 41.6 Å². The van der Waals surface area contributed by atoms with Crippen LogP contribution in [0.2, 0.25) is 0 Å². The molecule has 1 aromatic carbocycles. The number of esters is 1. The Morgan fingerprint density at radius 1 is 1.35 bits per heavy atom. The molecule has 0 aliphatic carbocycles. The van der Waals surface area contributed by atoms with E-state index in [0.717, 1.165) is 0 Å². The summed E-state index contributed by atoms with van der Waals surface area (Å²) in [6.45, 7) is 0.138. The van der Waals surface area contributed by atoms with Gasteiger partial charge in [-0.2, -0.15) is 0 Å². The number of hydrogen-bond acceptors (Lipinski definition) is 6. The van der Waals surface area contributed by atoms with E-state index in [1.54, 1.807) is 30.5 Å². The second kappa shape index (κ2) is 6.33. The van der Waals surface area contributed by atoms with Crippen molar-refractivity contribution in [2.75, 3.05) is 14.2 Å². The molecule has 0 saturated heterocycles. The van der Waals surface area contributed by atoms with Gasteiger partial charge in [0.1, 0.15) is 12.4 Å². The first-order chi connectivity index (χ1) is 9.65. The average molecular weight is 294 g/mol. The van der Waals surface area contributed by atoms with E-state index < -0.39 is 5.97 Å². The molecular weight excluding hydrogens is 280 g/mol. The number of aromatic nitrogens is 2. The molecule has 1 aromatic heterocycles. The lowest BCUT2D eigenvalue weighted by atomic mass is 10.1. The molecule has 7 heteroatoms. The van der Waals surface area contributed by atoms with Gasteiger partial charge >= 0.3 is 5.97 Å². The monoisotopic (exact) mass is 294 g/mol. The minimum absolute atomic E-state index is 0.138. The van der Waals surface area contributed by atoms with Crippen LogP contribution in [0.3, 0.4) is 0 Å². The van der Waals surface area contributed by atoms with E-state index in [4.69, 9.17) is 14.2 Å². The van der Waals surface area contributed by atoms with Gasteiger partial charge in [0.15, 0.2) is 0 Å². The van der Waals surface area contributed by atoms with Crippen molar-refractivity contribution in [1.82, 2.24) is 9.19 Å². The number of thiol groups is 1. The Bertz CT molecular complexity index is 612. The van der Waals surface area contributed by atoms with Crippen molar-refractivity contribution in [1.29, 1.82) is 0 Å². The second-order valence-corrected chi connectivity index (χ2v) is 4.25. The summed E-state index contributed by atoms with van der Waals surface area (Å²) in [5.41, 5.74) is 1.01. The van der Waals surface area contributed by atoms with Gasteiger partial charge in [0.2, 0.25) is 5.88 Å². The van der Waals surface area contributed by atoms with Crippen LogP contribution in [0.1, 0.15) is 15.9 Å². The Hall–Kier alpha value is -2.15. The maximum Gasteiger partial charge on any atom is 0.338 e. The third-order valence-corrected chi connectivity index (χ3v) is 2.90. The molecule has 1 heterocycles. The highest BCUT2D eigenvalue weighted by Crippen LogP contribution is 2.24. The average Bonchev–Trinajstić information content (AvgIpc) is 2.89. The summed E-state index contributed by atoms with van der Waals surface area (Å²) >= 11 is 4.02. The standard InChI is InChI=1S/C13H14N2O4S/c1-17-11-5-3-4-9(13(16)18-2)10(11)8-19-12-6-7-15(20)14-12/h3-7,20H,8H2,1-2H3. The highest BCUT2D eigenvalue weighted by atomic mass is 32.1. The van der Waals surface area contributed by atoms with Gasteiger partial charge in [0.05, 0.1) is 19.8 Å². The molecule has 0 aliphatic rings. The minimum Gasteiger partial charge on any atom is -0.496 e. The predicted molar refractivity (Wildman–Crippen MR) is 75.3 cm³/mol. The molecular formula is C13H14N2O4S. The zero-order chi connectivity index (χ0) is 14.5. The SMILES string of the molecule is COC(=O)c1cccc(OC)c1COc1ccn(S)n1. The fourth-order valence-electron chi connectivity index (χ4n) is 1.73. The number of nitrogens with zero attached hydrogens (tertiary/aromatic N) is 2.